The SMILES string of the molecule is COc1ccc(S(=O)(=O)NC[C@H](c2ccco2)N2CCN(c3ccccc3)CC2)cc1C. The summed E-state index contributed by atoms with van der Waals surface area (Å²) in [4.78, 5) is 4.85. The zero-order chi connectivity index (χ0) is 22.6. The number of para-hydroxylation sites is 1. The topological polar surface area (TPSA) is 75.0 Å². The summed E-state index contributed by atoms with van der Waals surface area (Å²) in [6.07, 6.45) is 1.63. The lowest BCUT2D eigenvalue weighted by Crippen LogP contribution is -2.49. The van der Waals surface area contributed by atoms with Gasteiger partial charge < -0.3 is 14.1 Å². The van der Waals surface area contributed by atoms with Gasteiger partial charge in [-0.2, -0.15) is 0 Å². The first-order valence-electron chi connectivity index (χ1n) is 10.7. The second kappa shape index (κ2) is 9.77. The zero-order valence-electron chi connectivity index (χ0n) is 18.4. The molecule has 1 fully saturated rings. The molecule has 1 atom stereocenters. The van der Waals surface area contributed by atoms with Gasteiger partial charge in [-0.1, -0.05) is 18.2 Å². The van der Waals surface area contributed by atoms with E-state index in [1.807, 2.05) is 37.3 Å². The number of sulfonamides is 1. The molecule has 0 amide bonds. The van der Waals surface area contributed by atoms with Gasteiger partial charge in [0.05, 0.1) is 24.3 Å². The Bertz CT molecular complexity index is 1110. The van der Waals surface area contributed by atoms with E-state index < -0.39 is 10.0 Å². The minimum Gasteiger partial charge on any atom is -0.496 e. The van der Waals surface area contributed by atoms with Crippen molar-refractivity contribution in [3.05, 3.63) is 78.3 Å². The van der Waals surface area contributed by atoms with Crippen molar-refractivity contribution in [2.24, 2.45) is 0 Å². The van der Waals surface area contributed by atoms with Crippen LogP contribution in [0.15, 0.2) is 76.2 Å². The predicted molar refractivity (Wildman–Crippen MR) is 125 cm³/mol. The average Bonchev–Trinajstić information content (AvgIpc) is 3.35. The van der Waals surface area contributed by atoms with Crippen molar-refractivity contribution >= 4 is 15.7 Å². The highest BCUT2D eigenvalue weighted by Crippen LogP contribution is 2.26. The van der Waals surface area contributed by atoms with E-state index >= 15 is 0 Å². The quantitative estimate of drug-likeness (QED) is 0.561. The summed E-state index contributed by atoms with van der Waals surface area (Å²) in [5, 5.41) is 0. The lowest BCUT2D eigenvalue weighted by Gasteiger charge is -2.39. The second-order valence-corrected chi connectivity index (χ2v) is 9.64. The Labute approximate surface area is 189 Å². The fourth-order valence-corrected chi connectivity index (χ4v) is 5.23. The van der Waals surface area contributed by atoms with Gasteiger partial charge in [0.25, 0.3) is 0 Å². The first-order valence-corrected chi connectivity index (χ1v) is 12.2. The van der Waals surface area contributed by atoms with Crippen LogP contribution in [0.4, 0.5) is 5.69 Å². The van der Waals surface area contributed by atoms with Crippen molar-refractivity contribution in [2.45, 2.75) is 17.9 Å². The maximum absolute atomic E-state index is 13.0. The molecule has 8 heteroatoms. The van der Waals surface area contributed by atoms with E-state index in [2.05, 4.69) is 26.7 Å². The number of piperazine rings is 1. The first kappa shape index (κ1) is 22.4. The normalized spacial score (nSPS) is 16.1. The molecule has 0 aliphatic carbocycles. The summed E-state index contributed by atoms with van der Waals surface area (Å²) < 4.78 is 39.6. The molecular weight excluding hydrogens is 426 g/mol. The van der Waals surface area contributed by atoms with Crippen molar-refractivity contribution in [1.82, 2.24) is 9.62 Å². The number of nitrogens with one attached hydrogen (secondary N) is 1. The molecule has 1 aromatic heterocycles. The van der Waals surface area contributed by atoms with Crippen molar-refractivity contribution in [2.75, 3.05) is 44.7 Å². The number of aryl methyl sites for hydroxylation is 1. The molecule has 0 spiro atoms. The Kier molecular flexibility index (Phi) is 6.83. The Hall–Kier alpha value is -2.81. The molecule has 4 rings (SSSR count). The summed E-state index contributed by atoms with van der Waals surface area (Å²) in [5.41, 5.74) is 1.98. The molecular formula is C24H29N3O4S. The maximum Gasteiger partial charge on any atom is 0.240 e. The molecule has 0 bridgehead atoms. The van der Waals surface area contributed by atoms with Gasteiger partial charge in [0.15, 0.2) is 0 Å². The average molecular weight is 456 g/mol. The van der Waals surface area contributed by atoms with Gasteiger partial charge in [0.2, 0.25) is 10.0 Å². The van der Waals surface area contributed by atoms with Gasteiger partial charge in [-0.3, -0.25) is 4.90 Å². The molecule has 7 nitrogen and oxygen atoms in total. The van der Waals surface area contributed by atoms with E-state index in [4.69, 9.17) is 9.15 Å². The molecule has 1 N–H and O–H groups in total. The van der Waals surface area contributed by atoms with Gasteiger partial charge in [-0.15, -0.1) is 0 Å². The number of methoxy groups -OCH3 is 1. The highest BCUT2D eigenvalue weighted by Gasteiger charge is 2.28. The highest BCUT2D eigenvalue weighted by atomic mass is 32.2. The largest absolute Gasteiger partial charge is 0.496 e. The van der Waals surface area contributed by atoms with Crippen LogP contribution in [0.25, 0.3) is 0 Å². The van der Waals surface area contributed by atoms with Crippen LogP contribution in [0.5, 0.6) is 5.75 Å². The molecule has 170 valence electrons. The molecule has 0 saturated carbocycles. The number of hydrogen-bond acceptors (Lipinski definition) is 6. The maximum atomic E-state index is 13.0. The van der Waals surface area contributed by atoms with Gasteiger partial charge in [-0.25, -0.2) is 13.1 Å². The van der Waals surface area contributed by atoms with Crippen molar-refractivity contribution in [3.63, 3.8) is 0 Å². The number of ether oxygens (including phenoxy) is 1. The Morgan fingerprint density at radius 1 is 1.03 bits per heavy atom. The summed E-state index contributed by atoms with van der Waals surface area (Å²) >= 11 is 0. The summed E-state index contributed by atoms with van der Waals surface area (Å²) in [6.45, 7) is 5.41. The van der Waals surface area contributed by atoms with Crippen molar-refractivity contribution < 1.29 is 17.6 Å². The molecule has 2 heterocycles. The van der Waals surface area contributed by atoms with Crippen LogP contribution in [0, 0.1) is 6.92 Å². The van der Waals surface area contributed by atoms with Gasteiger partial charge in [0, 0.05) is 38.4 Å². The molecule has 1 aliphatic rings. The number of benzene rings is 2. The van der Waals surface area contributed by atoms with E-state index in [1.165, 1.54) is 5.69 Å². The van der Waals surface area contributed by atoms with E-state index in [-0.39, 0.29) is 17.5 Å². The lowest BCUT2D eigenvalue weighted by molar-refractivity contribution is 0.166. The molecule has 2 aromatic carbocycles. The second-order valence-electron chi connectivity index (χ2n) is 7.87. The number of rotatable bonds is 8. The fraction of sp³-hybridized carbons (Fsp3) is 0.333. The third-order valence-electron chi connectivity index (χ3n) is 5.89. The minimum absolute atomic E-state index is 0.183. The molecule has 1 saturated heterocycles. The number of nitrogens with zero attached hydrogens (tertiary/aromatic N) is 2. The predicted octanol–water partition coefficient (Wildman–Crippen LogP) is 3.44. The summed E-state index contributed by atoms with van der Waals surface area (Å²) in [5.74, 6) is 1.42. The molecule has 0 radical (unpaired) electrons. The lowest BCUT2D eigenvalue weighted by atomic mass is 10.1. The minimum atomic E-state index is -3.67. The van der Waals surface area contributed by atoms with E-state index in [0.717, 1.165) is 37.5 Å². The van der Waals surface area contributed by atoms with Gasteiger partial charge in [-0.05, 0) is 55.0 Å². The van der Waals surface area contributed by atoms with Crippen LogP contribution < -0.4 is 14.4 Å². The van der Waals surface area contributed by atoms with Crippen LogP contribution in [-0.4, -0.2) is 53.2 Å². The van der Waals surface area contributed by atoms with Gasteiger partial charge in [0.1, 0.15) is 11.5 Å². The Morgan fingerprint density at radius 2 is 1.78 bits per heavy atom. The monoisotopic (exact) mass is 455 g/mol. The summed E-state index contributed by atoms with van der Waals surface area (Å²) in [6, 6.07) is 18.8. The zero-order valence-corrected chi connectivity index (χ0v) is 19.2. The van der Waals surface area contributed by atoms with Crippen molar-refractivity contribution in [1.29, 1.82) is 0 Å². The molecule has 0 unspecified atom stereocenters. The van der Waals surface area contributed by atoms with Crippen LogP contribution >= 0.6 is 0 Å². The third kappa shape index (κ3) is 4.98. The highest BCUT2D eigenvalue weighted by molar-refractivity contribution is 7.89. The third-order valence-corrected chi connectivity index (χ3v) is 7.31. The van der Waals surface area contributed by atoms with Crippen LogP contribution in [-0.2, 0) is 10.0 Å². The van der Waals surface area contributed by atoms with E-state index in [0.29, 0.717) is 5.75 Å². The smallest absolute Gasteiger partial charge is 0.240 e. The first-order chi connectivity index (χ1) is 15.5. The molecule has 3 aromatic rings. The number of furan rings is 1. The number of hydrogen-bond donors (Lipinski definition) is 1. The fourth-order valence-electron chi connectivity index (χ4n) is 4.11. The standard InChI is InChI=1S/C24H29N3O4S/c1-19-17-21(10-11-23(19)30-2)32(28,29)25-18-22(24-9-6-16-31-24)27-14-12-26(13-15-27)20-7-4-3-5-8-20/h3-11,16-17,22,25H,12-15,18H2,1-2H3/t22-/m1/s1. The van der Waals surface area contributed by atoms with Crippen LogP contribution in [0.1, 0.15) is 17.4 Å². The van der Waals surface area contributed by atoms with Crippen molar-refractivity contribution in [3.8, 4) is 5.75 Å². The van der Waals surface area contributed by atoms with E-state index in [1.54, 1.807) is 31.6 Å². The van der Waals surface area contributed by atoms with E-state index in [9.17, 15) is 8.42 Å². The molecule has 1 aliphatic heterocycles. The Balaban J connectivity index is 1.46. The Morgan fingerprint density at radius 3 is 2.41 bits per heavy atom. The van der Waals surface area contributed by atoms with Crippen LogP contribution in [0.3, 0.4) is 0 Å². The number of anilines is 1. The van der Waals surface area contributed by atoms with Crippen LogP contribution in [0.2, 0.25) is 0 Å². The van der Waals surface area contributed by atoms with Gasteiger partial charge >= 0.3 is 0 Å². The summed E-state index contributed by atoms with van der Waals surface area (Å²) in [7, 11) is -2.10. The molecule has 32 heavy (non-hydrogen) atoms.